The summed E-state index contributed by atoms with van der Waals surface area (Å²) in [5, 5.41) is 9.21. The summed E-state index contributed by atoms with van der Waals surface area (Å²) in [6, 6.07) is 26.2. The van der Waals surface area contributed by atoms with Crippen LogP contribution in [0.4, 0.5) is 0 Å². The maximum absolute atomic E-state index is 11.2. The van der Waals surface area contributed by atoms with Crippen LogP contribution in [0.25, 0.3) is 33.6 Å². The SMILES string of the molecule is COc1ccccc1-c1cc(-c2ccc(C(=O)O)cc2)cc(-c2ccccc2OC)n1. The van der Waals surface area contributed by atoms with Crippen LogP contribution in [-0.4, -0.2) is 30.3 Å². The van der Waals surface area contributed by atoms with E-state index in [0.717, 1.165) is 45.1 Å². The number of aromatic nitrogens is 1. The summed E-state index contributed by atoms with van der Waals surface area (Å²) in [7, 11) is 3.27. The summed E-state index contributed by atoms with van der Waals surface area (Å²) in [6.45, 7) is 0. The molecule has 0 atom stereocenters. The molecule has 0 radical (unpaired) electrons. The third-order valence-corrected chi connectivity index (χ3v) is 5.06. The lowest BCUT2D eigenvalue weighted by Crippen LogP contribution is -1.97. The third kappa shape index (κ3) is 4.12. The Bertz CT molecular complexity index is 1170. The Labute approximate surface area is 180 Å². The first-order valence-electron chi connectivity index (χ1n) is 9.73. The normalized spacial score (nSPS) is 10.5. The van der Waals surface area contributed by atoms with E-state index in [1.807, 2.05) is 60.7 Å². The highest BCUT2D eigenvalue weighted by atomic mass is 16.5. The van der Waals surface area contributed by atoms with E-state index in [4.69, 9.17) is 14.5 Å². The fourth-order valence-electron chi connectivity index (χ4n) is 3.49. The maximum Gasteiger partial charge on any atom is 0.335 e. The van der Waals surface area contributed by atoms with Crippen molar-refractivity contribution in [2.75, 3.05) is 14.2 Å². The van der Waals surface area contributed by atoms with E-state index < -0.39 is 5.97 Å². The number of hydrogen-bond acceptors (Lipinski definition) is 4. The zero-order chi connectivity index (χ0) is 21.8. The molecule has 4 aromatic rings. The minimum Gasteiger partial charge on any atom is -0.496 e. The van der Waals surface area contributed by atoms with Gasteiger partial charge in [-0.25, -0.2) is 9.78 Å². The molecule has 31 heavy (non-hydrogen) atoms. The summed E-state index contributed by atoms with van der Waals surface area (Å²) < 4.78 is 11.1. The van der Waals surface area contributed by atoms with Crippen LogP contribution in [0.2, 0.25) is 0 Å². The van der Waals surface area contributed by atoms with Crippen molar-refractivity contribution in [2.45, 2.75) is 0 Å². The maximum atomic E-state index is 11.2. The highest BCUT2D eigenvalue weighted by Gasteiger charge is 2.14. The second kappa shape index (κ2) is 8.71. The van der Waals surface area contributed by atoms with E-state index in [9.17, 15) is 9.90 Å². The van der Waals surface area contributed by atoms with Gasteiger partial charge in [0, 0.05) is 11.1 Å². The molecular formula is C26H21NO4. The first-order valence-corrected chi connectivity index (χ1v) is 9.73. The Hall–Kier alpha value is -4.12. The van der Waals surface area contributed by atoms with E-state index >= 15 is 0 Å². The van der Waals surface area contributed by atoms with Gasteiger partial charge in [0.2, 0.25) is 0 Å². The summed E-state index contributed by atoms with van der Waals surface area (Å²) in [5.41, 5.74) is 5.27. The zero-order valence-electron chi connectivity index (χ0n) is 17.2. The molecule has 0 saturated heterocycles. The molecule has 1 aromatic heterocycles. The van der Waals surface area contributed by atoms with Gasteiger partial charge in [0.15, 0.2) is 0 Å². The number of pyridine rings is 1. The fraction of sp³-hybridized carbons (Fsp3) is 0.0769. The molecule has 1 N–H and O–H groups in total. The Morgan fingerprint density at radius 2 is 1.19 bits per heavy atom. The van der Waals surface area contributed by atoms with Gasteiger partial charge in [-0.15, -0.1) is 0 Å². The predicted molar refractivity (Wildman–Crippen MR) is 121 cm³/mol. The van der Waals surface area contributed by atoms with Gasteiger partial charge in [-0.1, -0.05) is 36.4 Å². The molecule has 0 bridgehead atoms. The minimum atomic E-state index is -0.953. The van der Waals surface area contributed by atoms with E-state index in [1.54, 1.807) is 38.5 Å². The molecule has 0 aliphatic carbocycles. The smallest absolute Gasteiger partial charge is 0.335 e. The van der Waals surface area contributed by atoms with Gasteiger partial charge >= 0.3 is 5.97 Å². The number of rotatable bonds is 6. The van der Waals surface area contributed by atoms with Crippen molar-refractivity contribution in [3.05, 3.63) is 90.5 Å². The van der Waals surface area contributed by atoms with Crippen LogP contribution in [-0.2, 0) is 0 Å². The molecule has 4 rings (SSSR count). The minimum absolute atomic E-state index is 0.243. The molecule has 0 aliphatic heterocycles. The van der Waals surface area contributed by atoms with E-state index in [1.165, 1.54) is 0 Å². The summed E-state index contributed by atoms with van der Waals surface area (Å²) in [6.07, 6.45) is 0. The molecule has 5 heteroatoms. The Balaban J connectivity index is 1.93. The van der Waals surface area contributed by atoms with Crippen LogP contribution < -0.4 is 9.47 Å². The van der Waals surface area contributed by atoms with Gasteiger partial charge in [-0.3, -0.25) is 0 Å². The van der Waals surface area contributed by atoms with E-state index in [2.05, 4.69) is 0 Å². The summed E-state index contributed by atoms with van der Waals surface area (Å²) in [5.74, 6) is 0.490. The number of nitrogens with zero attached hydrogens (tertiary/aromatic N) is 1. The van der Waals surface area contributed by atoms with Crippen molar-refractivity contribution < 1.29 is 19.4 Å². The van der Waals surface area contributed by atoms with Crippen LogP contribution in [0.1, 0.15) is 10.4 Å². The molecule has 0 amide bonds. The number of benzene rings is 3. The topological polar surface area (TPSA) is 68.7 Å². The standard InChI is InChI=1S/C26H21NO4/c1-30-24-9-5-3-7-20(24)22-15-19(17-11-13-18(14-12-17)26(28)29)16-23(27-22)21-8-4-6-10-25(21)31-2/h3-16H,1-2H3,(H,28,29). The fourth-order valence-corrected chi connectivity index (χ4v) is 3.49. The molecule has 5 nitrogen and oxygen atoms in total. The number of aromatic carboxylic acids is 1. The number of methoxy groups -OCH3 is 2. The van der Waals surface area contributed by atoms with Crippen molar-refractivity contribution in [1.82, 2.24) is 4.98 Å². The van der Waals surface area contributed by atoms with Gasteiger partial charge in [-0.05, 0) is 59.7 Å². The molecule has 1 heterocycles. The van der Waals surface area contributed by atoms with Crippen molar-refractivity contribution in [2.24, 2.45) is 0 Å². The van der Waals surface area contributed by atoms with Crippen LogP contribution in [0, 0.1) is 0 Å². The van der Waals surface area contributed by atoms with E-state index in [0.29, 0.717) is 0 Å². The van der Waals surface area contributed by atoms with Crippen molar-refractivity contribution in [3.8, 4) is 45.1 Å². The molecule has 0 fully saturated rings. The average molecular weight is 411 g/mol. The highest BCUT2D eigenvalue weighted by molar-refractivity contribution is 5.88. The number of para-hydroxylation sites is 2. The van der Waals surface area contributed by atoms with Gasteiger partial charge in [0.25, 0.3) is 0 Å². The van der Waals surface area contributed by atoms with Gasteiger partial charge < -0.3 is 14.6 Å². The molecule has 0 unspecified atom stereocenters. The largest absolute Gasteiger partial charge is 0.496 e. The molecule has 3 aromatic carbocycles. The second-order valence-corrected chi connectivity index (χ2v) is 6.91. The highest BCUT2D eigenvalue weighted by Crippen LogP contribution is 2.36. The molecule has 0 spiro atoms. The first-order chi connectivity index (χ1) is 15.1. The van der Waals surface area contributed by atoms with Crippen LogP contribution in [0.15, 0.2) is 84.9 Å². The Morgan fingerprint density at radius 3 is 1.65 bits per heavy atom. The average Bonchev–Trinajstić information content (AvgIpc) is 2.83. The Kier molecular flexibility index (Phi) is 5.67. The number of hydrogen-bond donors (Lipinski definition) is 1. The first kappa shape index (κ1) is 20.2. The monoisotopic (exact) mass is 411 g/mol. The van der Waals surface area contributed by atoms with Gasteiger partial charge in [-0.2, -0.15) is 0 Å². The molecular weight excluding hydrogens is 390 g/mol. The summed E-state index contributed by atoms with van der Waals surface area (Å²) in [4.78, 5) is 16.1. The second-order valence-electron chi connectivity index (χ2n) is 6.91. The zero-order valence-corrected chi connectivity index (χ0v) is 17.2. The lowest BCUT2D eigenvalue weighted by Gasteiger charge is -2.14. The van der Waals surface area contributed by atoms with Crippen LogP contribution in [0.5, 0.6) is 11.5 Å². The van der Waals surface area contributed by atoms with Crippen LogP contribution in [0.3, 0.4) is 0 Å². The lowest BCUT2D eigenvalue weighted by atomic mass is 9.98. The number of ether oxygens (including phenoxy) is 2. The molecule has 0 saturated carbocycles. The lowest BCUT2D eigenvalue weighted by molar-refractivity contribution is 0.0697. The number of carboxylic acids is 1. The van der Waals surface area contributed by atoms with Gasteiger partial charge in [0.1, 0.15) is 11.5 Å². The molecule has 0 aliphatic rings. The number of carbonyl (C=O) groups is 1. The third-order valence-electron chi connectivity index (χ3n) is 5.06. The molecule has 154 valence electrons. The van der Waals surface area contributed by atoms with E-state index in [-0.39, 0.29) is 5.56 Å². The number of carboxylic acid groups (broad SMARTS) is 1. The van der Waals surface area contributed by atoms with Gasteiger partial charge in [0.05, 0.1) is 31.2 Å². The van der Waals surface area contributed by atoms with Crippen molar-refractivity contribution in [3.63, 3.8) is 0 Å². The summed E-state index contributed by atoms with van der Waals surface area (Å²) >= 11 is 0. The van der Waals surface area contributed by atoms with Crippen LogP contribution >= 0.6 is 0 Å². The van der Waals surface area contributed by atoms with Crippen molar-refractivity contribution >= 4 is 5.97 Å². The quantitative estimate of drug-likeness (QED) is 0.434. The van der Waals surface area contributed by atoms with Crippen molar-refractivity contribution in [1.29, 1.82) is 0 Å². The predicted octanol–water partition coefficient (Wildman–Crippen LogP) is 5.80. The Morgan fingerprint density at radius 1 is 0.710 bits per heavy atom.